The SMILES string of the molecule is CCSC(C)CC1CC(=O)C(CCCC=NO)=C(O)C1. The molecule has 0 aromatic rings. The molecule has 0 fully saturated rings. The van der Waals surface area contributed by atoms with Crippen LogP contribution in [0.15, 0.2) is 16.5 Å². The first-order valence-corrected chi connectivity index (χ1v) is 8.35. The highest BCUT2D eigenvalue weighted by molar-refractivity contribution is 7.99. The topological polar surface area (TPSA) is 69.9 Å². The quantitative estimate of drug-likeness (QED) is 0.308. The second kappa shape index (κ2) is 9.06. The number of nitrogens with zero attached hydrogens (tertiary/aromatic N) is 1. The van der Waals surface area contributed by atoms with E-state index in [1.807, 2.05) is 11.8 Å². The summed E-state index contributed by atoms with van der Waals surface area (Å²) in [7, 11) is 0. The zero-order valence-electron chi connectivity index (χ0n) is 12.3. The number of oxime groups is 1. The van der Waals surface area contributed by atoms with Gasteiger partial charge in [-0.3, -0.25) is 4.79 Å². The van der Waals surface area contributed by atoms with E-state index in [0.717, 1.165) is 18.6 Å². The Morgan fingerprint density at radius 1 is 1.50 bits per heavy atom. The number of carbonyl (C=O) groups excluding carboxylic acids is 1. The van der Waals surface area contributed by atoms with Crippen molar-refractivity contribution in [2.75, 3.05) is 5.75 Å². The molecule has 2 atom stereocenters. The Kier molecular flexibility index (Phi) is 7.73. The van der Waals surface area contributed by atoms with Gasteiger partial charge in [0.2, 0.25) is 0 Å². The number of aliphatic hydroxyl groups excluding tert-OH is 1. The highest BCUT2D eigenvalue weighted by atomic mass is 32.2. The molecular weight excluding hydrogens is 274 g/mol. The van der Waals surface area contributed by atoms with E-state index in [1.54, 1.807) is 0 Å². The van der Waals surface area contributed by atoms with Crippen LogP contribution in [0.1, 0.15) is 52.4 Å². The van der Waals surface area contributed by atoms with Crippen molar-refractivity contribution in [3.05, 3.63) is 11.3 Å². The Hall–Kier alpha value is -0.970. The van der Waals surface area contributed by atoms with Gasteiger partial charge in [0.15, 0.2) is 5.78 Å². The first kappa shape index (κ1) is 17.1. The van der Waals surface area contributed by atoms with Crippen LogP contribution in [0.5, 0.6) is 0 Å². The zero-order valence-corrected chi connectivity index (χ0v) is 13.2. The number of ketones is 1. The molecule has 2 unspecified atom stereocenters. The molecule has 0 aromatic heterocycles. The third kappa shape index (κ3) is 5.57. The largest absolute Gasteiger partial charge is 0.512 e. The molecular formula is C15H25NO3S. The molecule has 0 aliphatic heterocycles. The minimum atomic E-state index is 0.0911. The molecule has 0 spiro atoms. The Morgan fingerprint density at radius 3 is 2.85 bits per heavy atom. The molecule has 1 rings (SSSR count). The van der Waals surface area contributed by atoms with Gasteiger partial charge >= 0.3 is 0 Å². The number of hydrogen-bond acceptors (Lipinski definition) is 5. The van der Waals surface area contributed by atoms with Gasteiger partial charge in [-0.25, -0.2) is 0 Å². The zero-order chi connectivity index (χ0) is 15.0. The number of aliphatic hydroxyl groups is 1. The lowest BCUT2D eigenvalue weighted by Gasteiger charge is -2.25. The minimum Gasteiger partial charge on any atom is -0.512 e. The molecule has 0 amide bonds. The third-order valence-corrected chi connectivity index (χ3v) is 4.69. The van der Waals surface area contributed by atoms with Crippen molar-refractivity contribution in [1.82, 2.24) is 0 Å². The second-order valence-electron chi connectivity index (χ2n) is 5.31. The van der Waals surface area contributed by atoms with Crippen molar-refractivity contribution in [2.24, 2.45) is 11.1 Å². The Bertz CT molecular complexity index is 379. The Morgan fingerprint density at radius 2 is 2.25 bits per heavy atom. The fraction of sp³-hybridized carbons (Fsp3) is 0.733. The summed E-state index contributed by atoms with van der Waals surface area (Å²) < 4.78 is 0. The van der Waals surface area contributed by atoms with E-state index >= 15 is 0 Å². The van der Waals surface area contributed by atoms with Crippen molar-refractivity contribution in [1.29, 1.82) is 0 Å². The van der Waals surface area contributed by atoms with Crippen LogP contribution in [-0.2, 0) is 4.79 Å². The molecule has 5 heteroatoms. The van der Waals surface area contributed by atoms with E-state index in [1.165, 1.54) is 6.21 Å². The Balaban J connectivity index is 2.51. The Labute approximate surface area is 125 Å². The lowest BCUT2D eigenvalue weighted by Crippen LogP contribution is -2.22. The van der Waals surface area contributed by atoms with Crippen molar-refractivity contribution >= 4 is 23.8 Å². The van der Waals surface area contributed by atoms with Crippen LogP contribution in [0, 0.1) is 5.92 Å². The molecule has 4 nitrogen and oxygen atoms in total. The molecule has 20 heavy (non-hydrogen) atoms. The molecule has 1 aliphatic carbocycles. The summed E-state index contributed by atoms with van der Waals surface area (Å²) in [6.07, 6.45) is 5.50. The molecule has 0 heterocycles. The summed E-state index contributed by atoms with van der Waals surface area (Å²) in [5, 5.41) is 21.8. The van der Waals surface area contributed by atoms with E-state index < -0.39 is 0 Å². The number of thioether (sulfide) groups is 1. The fourth-order valence-electron chi connectivity index (χ4n) is 2.72. The van der Waals surface area contributed by atoms with Gasteiger partial charge in [0, 0.05) is 29.9 Å². The van der Waals surface area contributed by atoms with Crippen LogP contribution < -0.4 is 0 Å². The highest BCUT2D eigenvalue weighted by Crippen LogP contribution is 2.33. The molecule has 2 N–H and O–H groups in total. The summed E-state index contributed by atoms with van der Waals surface area (Å²) in [4.78, 5) is 12.1. The summed E-state index contributed by atoms with van der Waals surface area (Å²) in [5.74, 6) is 1.73. The standard InChI is InChI=1S/C15H25NO3S/c1-3-20-11(2)8-12-9-14(17)13(15(18)10-12)6-4-5-7-16-19/h7,11-12,17,19H,3-6,8-10H2,1-2H3. The first-order chi connectivity index (χ1) is 9.58. The molecule has 0 bridgehead atoms. The molecule has 0 radical (unpaired) electrons. The van der Waals surface area contributed by atoms with Crippen molar-refractivity contribution < 1.29 is 15.1 Å². The normalized spacial score (nSPS) is 21.7. The summed E-state index contributed by atoms with van der Waals surface area (Å²) in [5.41, 5.74) is 0.586. The number of Topliss-reactive ketones (excluding diaryl/α,β-unsaturated/α-hetero) is 1. The average Bonchev–Trinajstić information content (AvgIpc) is 2.37. The van der Waals surface area contributed by atoms with Crippen LogP contribution in [0.3, 0.4) is 0 Å². The molecule has 1 aliphatic rings. The van der Waals surface area contributed by atoms with Crippen LogP contribution in [0.4, 0.5) is 0 Å². The molecule has 0 saturated carbocycles. The van der Waals surface area contributed by atoms with E-state index in [-0.39, 0.29) is 17.5 Å². The number of allylic oxidation sites excluding steroid dienone is 2. The lowest BCUT2D eigenvalue weighted by molar-refractivity contribution is -0.117. The second-order valence-corrected chi connectivity index (χ2v) is 7.03. The lowest BCUT2D eigenvalue weighted by atomic mass is 9.83. The summed E-state index contributed by atoms with van der Waals surface area (Å²) >= 11 is 1.90. The highest BCUT2D eigenvalue weighted by Gasteiger charge is 2.28. The smallest absolute Gasteiger partial charge is 0.162 e. The van der Waals surface area contributed by atoms with Gasteiger partial charge in [-0.15, -0.1) is 5.16 Å². The van der Waals surface area contributed by atoms with E-state index in [4.69, 9.17) is 5.21 Å². The van der Waals surface area contributed by atoms with Crippen LogP contribution in [0.25, 0.3) is 0 Å². The van der Waals surface area contributed by atoms with Gasteiger partial charge in [-0.2, -0.15) is 11.8 Å². The predicted molar refractivity (Wildman–Crippen MR) is 83.7 cm³/mol. The summed E-state index contributed by atoms with van der Waals surface area (Å²) in [6, 6.07) is 0. The van der Waals surface area contributed by atoms with Gasteiger partial charge in [-0.05, 0) is 37.4 Å². The number of rotatable bonds is 8. The maximum Gasteiger partial charge on any atom is 0.162 e. The van der Waals surface area contributed by atoms with Crippen molar-refractivity contribution in [2.45, 2.75) is 57.6 Å². The number of hydrogen-bond donors (Lipinski definition) is 2. The van der Waals surface area contributed by atoms with Crippen LogP contribution in [-0.4, -0.2) is 33.3 Å². The van der Waals surface area contributed by atoms with Crippen LogP contribution in [0.2, 0.25) is 0 Å². The molecule has 0 aromatic carbocycles. The van der Waals surface area contributed by atoms with Gasteiger partial charge in [0.1, 0.15) is 0 Å². The van der Waals surface area contributed by atoms with Gasteiger partial charge in [0.05, 0.1) is 5.76 Å². The van der Waals surface area contributed by atoms with Crippen molar-refractivity contribution in [3.8, 4) is 0 Å². The van der Waals surface area contributed by atoms with E-state index in [0.29, 0.717) is 36.5 Å². The fourth-order valence-corrected chi connectivity index (χ4v) is 3.69. The third-order valence-electron chi connectivity index (χ3n) is 3.60. The molecule has 0 saturated heterocycles. The van der Waals surface area contributed by atoms with Crippen molar-refractivity contribution in [3.63, 3.8) is 0 Å². The predicted octanol–water partition coefficient (Wildman–Crippen LogP) is 3.94. The monoisotopic (exact) mass is 299 g/mol. The first-order valence-electron chi connectivity index (χ1n) is 7.30. The average molecular weight is 299 g/mol. The van der Waals surface area contributed by atoms with Crippen LogP contribution >= 0.6 is 11.8 Å². The number of carbonyl (C=O) groups is 1. The number of unbranched alkanes of at least 4 members (excludes halogenated alkanes) is 1. The van der Waals surface area contributed by atoms with Gasteiger partial charge in [0.25, 0.3) is 0 Å². The maximum atomic E-state index is 12.1. The summed E-state index contributed by atoms with van der Waals surface area (Å²) in [6.45, 7) is 4.32. The van der Waals surface area contributed by atoms with E-state index in [9.17, 15) is 9.90 Å². The maximum absolute atomic E-state index is 12.1. The molecule has 114 valence electrons. The van der Waals surface area contributed by atoms with Gasteiger partial charge < -0.3 is 10.3 Å². The van der Waals surface area contributed by atoms with E-state index in [2.05, 4.69) is 19.0 Å². The minimum absolute atomic E-state index is 0.0911. The van der Waals surface area contributed by atoms with Gasteiger partial charge in [-0.1, -0.05) is 13.8 Å².